The van der Waals surface area contributed by atoms with Gasteiger partial charge in [0.2, 0.25) is 0 Å². The fourth-order valence-electron chi connectivity index (χ4n) is 4.06. The zero-order valence-electron chi connectivity index (χ0n) is 13.2. The maximum atomic E-state index is 13.1. The van der Waals surface area contributed by atoms with Crippen LogP contribution in [-0.2, 0) is 41.4 Å². The molecule has 0 saturated heterocycles. The molecule has 5 rings (SSSR count). The van der Waals surface area contributed by atoms with Crippen molar-refractivity contribution in [1.29, 1.82) is 0 Å². The Morgan fingerprint density at radius 3 is 2.71 bits per heavy atom. The molecular weight excluding hydrogens is 322 g/mol. The summed E-state index contributed by atoms with van der Waals surface area (Å²) >= 11 is 0. The number of hydrogen-bond donors (Lipinski definition) is 0. The standard InChI is InChI=1S/C18H17N3O2S/c22-24(23,11-17-20-19-16-5-2-10-21(16)17)15-9-8-13-7-6-12-3-1-4-14(15)18(12)13/h1,3-4,8-9H,2,5-7,10-11H2. The van der Waals surface area contributed by atoms with Crippen molar-refractivity contribution in [2.24, 2.45) is 0 Å². The van der Waals surface area contributed by atoms with E-state index in [2.05, 4.69) is 16.3 Å². The molecule has 0 radical (unpaired) electrons. The third-order valence-corrected chi connectivity index (χ3v) is 6.84. The van der Waals surface area contributed by atoms with Gasteiger partial charge >= 0.3 is 0 Å². The Hall–Kier alpha value is -2.21. The van der Waals surface area contributed by atoms with Gasteiger partial charge in [0, 0.05) is 18.4 Å². The van der Waals surface area contributed by atoms with Crippen molar-refractivity contribution in [2.75, 3.05) is 0 Å². The number of aryl methyl sites for hydroxylation is 3. The minimum Gasteiger partial charge on any atom is -0.314 e. The number of hydrogen-bond acceptors (Lipinski definition) is 4. The molecule has 122 valence electrons. The highest BCUT2D eigenvalue weighted by Gasteiger charge is 2.26. The van der Waals surface area contributed by atoms with Crippen molar-refractivity contribution < 1.29 is 8.42 Å². The molecule has 0 atom stereocenters. The maximum absolute atomic E-state index is 13.1. The van der Waals surface area contributed by atoms with Crippen molar-refractivity contribution in [3.05, 3.63) is 53.1 Å². The molecule has 2 aromatic carbocycles. The number of nitrogens with zero attached hydrogens (tertiary/aromatic N) is 3. The highest BCUT2D eigenvalue weighted by molar-refractivity contribution is 7.90. The van der Waals surface area contributed by atoms with Gasteiger partial charge in [0.1, 0.15) is 17.4 Å². The largest absolute Gasteiger partial charge is 0.314 e. The van der Waals surface area contributed by atoms with E-state index in [0.717, 1.165) is 48.8 Å². The van der Waals surface area contributed by atoms with Crippen LogP contribution in [0.5, 0.6) is 0 Å². The molecule has 1 aromatic heterocycles. The second-order valence-corrected chi connectivity index (χ2v) is 8.57. The van der Waals surface area contributed by atoms with Crippen LogP contribution in [0.4, 0.5) is 0 Å². The minimum absolute atomic E-state index is 0.0846. The first-order chi connectivity index (χ1) is 11.6. The fourth-order valence-corrected chi connectivity index (χ4v) is 5.55. The number of benzene rings is 2. The van der Waals surface area contributed by atoms with Crippen molar-refractivity contribution in [3.8, 4) is 0 Å². The van der Waals surface area contributed by atoms with Crippen molar-refractivity contribution in [2.45, 2.75) is 42.9 Å². The maximum Gasteiger partial charge on any atom is 0.186 e. The highest BCUT2D eigenvalue weighted by Crippen LogP contribution is 2.35. The van der Waals surface area contributed by atoms with Gasteiger partial charge in [-0.1, -0.05) is 24.3 Å². The summed E-state index contributed by atoms with van der Waals surface area (Å²) in [5, 5.41) is 10.2. The monoisotopic (exact) mass is 339 g/mol. The predicted molar refractivity (Wildman–Crippen MR) is 90.6 cm³/mol. The van der Waals surface area contributed by atoms with E-state index in [-0.39, 0.29) is 5.75 Å². The van der Waals surface area contributed by atoms with Crippen LogP contribution in [0.1, 0.15) is 29.2 Å². The molecule has 6 heteroatoms. The number of aromatic nitrogens is 3. The number of sulfone groups is 1. The summed E-state index contributed by atoms with van der Waals surface area (Å²) in [5.41, 5.74) is 2.51. The van der Waals surface area contributed by atoms with E-state index >= 15 is 0 Å². The second-order valence-electron chi connectivity index (χ2n) is 6.61. The van der Waals surface area contributed by atoms with Crippen molar-refractivity contribution >= 4 is 20.6 Å². The van der Waals surface area contributed by atoms with Gasteiger partial charge in [0.05, 0.1) is 4.90 Å². The topological polar surface area (TPSA) is 64.8 Å². The molecule has 3 aromatic rings. The lowest BCUT2D eigenvalue weighted by atomic mass is 10.1. The summed E-state index contributed by atoms with van der Waals surface area (Å²) in [7, 11) is -3.46. The van der Waals surface area contributed by atoms with Gasteiger partial charge < -0.3 is 4.57 Å². The summed E-state index contributed by atoms with van der Waals surface area (Å²) in [6.45, 7) is 0.816. The highest BCUT2D eigenvalue weighted by atomic mass is 32.2. The first-order valence-electron chi connectivity index (χ1n) is 8.31. The van der Waals surface area contributed by atoms with Crippen LogP contribution in [-0.4, -0.2) is 23.2 Å². The molecule has 1 aliphatic heterocycles. The molecule has 0 unspecified atom stereocenters. The van der Waals surface area contributed by atoms with E-state index in [0.29, 0.717) is 10.7 Å². The van der Waals surface area contributed by atoms with Crippen LogP contribution < -0.4 is 0 Å². The van der Waals surface area contributed by atoms with E-state index in [9.17, 15) is 8.42 Å². The van der Waals surface area contributed by atoms with Gasteiger partial charge in [0.15, 0.2) is 9.84 Å². The third kappa shape index (κ3) is 1.95. The first-order valence-corrected chi connectivity index (χ1v) is 9.96. The van der Waals surface area contributed by atoms with Crippen LogP contribution in [0.25, 0.3) is 10.8 Å². The lowest BCUT2D eigenvalue weighted by molar-refractivity contribution is 0.591. The smallest absolute Gasteiger partial charge is 0.186 e. The minimum atomic E-state index is -3.46. The van der Waals surface area contributed by atoms with Gasteiger partial charge in [-0.25, -0.2) is 8.42 Å². The first kappa shape index (κ1) is 14.2. The second kappa shape index (κ2) is 4.89. The Morgan fingerprint density at radius 1 is 1.00 bits per heavy atom. The molecule has 5 nitrogen and oxygen atoms in total. The van der Waals surface area contributed by atoms with Crippen LogP contribution in [0.15, 0.2) is 35.2 Å². The number of fused-ring (bicyclic) bond motifs is 1. The fraction of sp³-hybridized carbons (Fsp3) is 0.333. The molecule has 0 amide bonds. The lowest BCUT2D eigenvalue weighted by Gasteiger charge is -2.10. The molecule has 0 bridgehead atoms. The Bertz CT molecular complexity index is 1070. The quantitative estimate of drug-likeness (QED) is 0.735. The van der Waals surface area contributed by atoms with E-state index in [1.54, 1.807) is 6.07 Å². The van der Waals surface area contributed by atoms with E-state index in [1.165, 1.54) is 11.1 Å². The Balaban J connectivity index is 1.64. The molecule has 0 fully saturated rings. The Morgan fingerprint density at radius 2 is 1.83 bits per heavy atom. The van der Waals surface area contributed by atoms with Gasteiger partial charge in [-0.05, 0) is 41.8 Å². The predicted octanol–water partition coefficient (Wildman–Crippen LogP) is 2.45. The lowest BCUT2D eigenvalue weighted by Crippen LogP contribution is -2.11. The van der Waals surface area contributed by atoms with Crippen LogP contribution in [0.3, 0.4) is 0 Å². The molecule has 0 spiro atoms. The van der Waals surface area contributed by atoms with Crippen LogP contribution >= 0.6 is 0 Å². The van der Waals surface area contributed by atoms with Crippen molar-refractivity contribution in [3.63, 3.8) is 0 Å². The summed E-state index contributed by atoms with van der Waals surface area (Å²) in [6.07, 6.45) is 3.88. The van der Waals surface area contributed by atoms with Crippen molar-refractivity contribution in [1.82, 2.24) is 14.8 Å². The third-order valence-electron chi connectivity index (χ3n) is 5.18. The zero-order chi connectivity index (χ0) is 16.3. The molecule has 2 aliphatic rings. The normalized spacial score (nSPS) is 16.0. The van der Waals surface area contributed by atoms with Crippen LogP contribution in [0, 0.1) is 0 Å². The van der Waals surface area contributed by atoms with E-state index < -0.39 is 9.84 Å². The zero-order valence-corrected chi connectivity index (χ0v) is 14.0. The van der Waals surface area contributed by atoms with Gasteiger partial charge in [-0.3, -0.25) is 0 Å². The molecule has 0 saturated carbocycles. The summed E-state index contributed by atoms with van der Waals surface area (Å²) < 4.78 is 28.1. The summed E-state index contributed by atoms with van der Waals surface area (Å²) in [5.74, 6) is 1.38. The number of rotatable bonds is 3. The average molecular weight is 339 g/mol. The molecule has 0 N–H and O–H groups in total. The van der Waals surface area contributed by atoms with E-state index in [1.807, 2.05) is 22.8 Å². The Labute approximate surface area is 140 Å². The SMILES string of the molecule is O=S(=O)(Cc1nnc2n1CCC2)c1ccc2c3c(cccc13)CC2. The molecule has 1 aliphatic carbocycles. The van der Waals surface area contributed by atoms with Gasteiger partial charge in [-0.15, -0.1) is 10.2 Å². The van der Waals surface area contributed by atoms with Gasteiger partial charge in [-0.2, -0.15) is 0 Å². The summed E-state index contributed by atoms with van der Waals surface area (Å²) in [6, 6.07) is 9.72. The molecule has 24 heavy (non-hydrogen) atoms. The molecule has 2 heterocycles. The molecular formula is C18H17N3O2S. The van der Waals surface area contributed by atoms with Gasteiger partial charge in [0.25, 0.3) is 0 Å². The van der Waals surface area contributed by atoms with Crippen LogP contribution in [0.2, 0.25) is 0 Å². The van der Waals surface area contributed by atoms with E-state index in [4.69, 9.17) is 0 Å². The Kier molecular flexibility index (Phi) is 2.89. The average Bonchev–Trinajstić information content (AvgIpc) is 3.26. The summed E-state index contributed by atoms with van der Waals surface area (Å²) in [4.78, 5) is 0.417.